The van der Waals surface area contributed by atoms with Crippen LogP contribution in [-0.4, -0.2) is 16.9 Å². The van der Waals surface area contributed by atoms with Gasteiger partial charge in [-0.1, -0.05) is 12.1 Å². The van der Waals surface area contributed by atoms with Crippen LogP contribution in [0.15, 0.2) is 36.7 Å². The van der Waals surface area contributed by atoms with Crippen LogP contribution in [0.25, 0.3) is 11.1 Å². The molecular weight excluding hydrogens is 202 g/mol. The summed E-state index contributed by atoms with van der Waals surface area (Å²) in [7, 11) is 1.64. The summed E-state index contributed by atoms with van der Waals surface area (Å²) in [5, 5.41) is 12.6. The summed E-state index contributed by atoms with van der Waals surface area (Å²) < 4.78 is 6.76. The van der Waals surface area contributed by atoms with E-state index in [1.54, 1.807) is 18.0 Å². The van der Waals surface area contributed by atoms with Gasteiger partial charge >= 0.3 is 0 Å². The molecule has 0 aliphatic carbocycles. The average molecular weight is 213 g/mol. The monoisotopic (exact) mass is 213 g/mol. The second-order valence-corrected chi connectivity index (χ2v) is 3.32. The first kappa shape index (κ1) is 10.2. The Kier molecular flexibility index (Phi) is 2.88. The van der Waals surface area contributed by atoms with Crippen LogP contribution in [0.4, 0.5) is 0 Å². The molecule has 0 unspecified atom stereocenters. The smallest absolute Gasteiger partial charge is 0.128 e. The fraction of sp³-hybridized carbons (Fsp3) is 0.167. The minimum Gasteiger partial charge on any atom is -0.497 e. The number of hydrogen-bond acceptors (Lipinski definition) is 3. The highest BCUT2D eigenvalue weighted by Crippen LogP contribution is 2.22. The third-order valence-electron chi connectivity index (χ3n) is 2.27. The SMILES string of the molecule is COc1cccc(-c2cnn(CC#N)c2)c1. The Labute approximate surface area is 93.7 Å². The maximum absolute atomic E-state index is 8.55. The first-order chi connectivity index (χ1) is 7.83. The highest BCUT2D eigenvalue weighted by molar-refractivity contribution is 5.63. The van der Waals surface area contributed by atoms with E-state index >= 15 is 0 Å². The molecule has 80 valence electrons. The molecule has 0 radical (unpaired) electrons. The van der Waals surface area contributed by atoms with Crippen molar-refractivity contribution in [3.63, 3.8) is 0 Å². The molecule has 0 aliphatic rings. The zero-order valence-electron chi connectivity index (χ0n) is 8.92. The maximum Gasteiger partial charge on any atom is 0.128 e. The van der Waals surface area contributed by atoms with Gasteiger partial charge in [-0.2, -0.15) is 10.4 Å². The average Bonchev–Trinajstić information content (AvgIpc) is 2.78. The highest BCUT2D eigenvalue weighted by atomic mass is 16.5. The largest absolute Gasteiger partial charge is 0.497 e. The molecular formula is C12H11N3O. The van der Waals surface area contributed by atoms with Gasteiger partial charge in [0.15, 0.2) is 0 Å². The molecule has 4 heteroatoms. The summed E-state index contributed by atoms with van der Waals surface area (Å²) in [6.07, 6.45) is 3.59. The fourth-order valence-corrected chi connectivity index (χ4v) is 1.47. The number of rotatable bonds is 3. The van der Waals surface area contributed by atoms with E-state index in [0.29, 0.717) is 0 Å². The van der Waals surface area contributed by atoms with Crippen molar-refractivity contribution in [2.75, 3.05) is 7.11 Å². The van der Waals surface area contributed by atoms with Crippen molar-refractivity contribution in [1.29, 1.82) is 5.26 Å². The molecule has 0 saturated heterocycles. The van der Waals surface area contributed by atoms with Crippen LogP contribution in [0.1, 0.15) is 0 Å². The van der Waals surface area contributed by atoms with E-state index in [9.17, 15) is 0 Å². The van der Waals surface area contributed by atoms with Crippen molar-refractivity contribution < 1.29 is 4.74 Å². The summed E-state index contributed by atoms with van der Waals surface area (Å²) in [4.78, 5) is 0. The van der Waals surface area contributed by atoms with E-state index in [4.69, 9.17) is 10.00 Å². The van der Waals surface area contributed by atoms with E-state index in [-0.39, 0.29) is 6.54 Å². The lowest BCUT2D eigenvalue weighted by Gasteiger charge is -2.01. The van der Waals surface area contributed by atoms with Crippen LogP contribution in [0.3, 0.4) is 0 Å². The molecule has 0 aliphatic heterocycles. The molecule has 2 rings (SSSR count). The second-order valence-electron chi connectivity index (χ2n) is 3.32. The number of nitriles is 1. The van der Waals surface area contributed by atoms with Crippen molar-refractivity contribution >= 4 is 0 Å². The lowest BCUT2D eigenvalue weighted by atomic mass is 10.1. The normalized spacial score (nSPS) is 9.75. The molecule has 16 heavy (non-hydrogen) atoms. The third kappa shape index (κ3) is 2.04. The number of methoxy groups -OCH3 is 1. The summed E-state index contributed by atoms with van der Waals surface area (Å²) >= 11 is 0. The number of aromatic nitrogens is 2. The van der Waals surface area contributed by atoms with E-state index in [0.717, 1.165) is 16.9 Å². The van der Waals surface area contributed by atoms with Crippen molar-refractivity contribution in [3.05, 3.63) is 36.7 Å². The Morgan fingerprint density at radius 1 is 1.44 bits per heavy atom. The second kappa shape index (κ2) is 4.49. The van der Waals surface area contributed by atoms with Gasteiger partial charge in [-0.15, -0.1) is 0 Å². The van der Waals surface area contributed by atoms with Gasteiger partial charge in [0.05, 0.1) is 19.4 Å². The molecule has 0 N–H and O–H groups in total. The zero-order chi connectivity index (χ0) is 11.4. The number of hydrogen-bond donors (Lipinski definition) is 0. The number of ether oxygens (including phenoxy) is 1. The van der Waals surface area contributed by atoms with Gasteiger partial charge in [-0.25, -0.2) is 0 Å². The molecule has 0 fully saturated rings. The Balaban J connectivity index is 2.31. The van der Waals surface area contributed by atoms with Crippen LogP contribution < -0.4 is 4.74 Å². The Morgan fingerprint density at radius 2 is 2.31 bits per heavy atom. The standard InChI is InChI=1S/C12H11N3O/c1-16-12-4-2-3-10(7-12)11-8-14-15(9-11)6-5-13/h2-4,7-9H,6H2,1H3. The maximum atomic E-state index is 8.55. The first-order valence-electron chi connectivity index (χ1n) is 4.87. The Hall–Kier alpha value is -2.28. The zero-order valence-corrected chi connectivity index (χ0v) is 8.92. The summed E-state index contributed by atoms with van der Waals surface area (Å²) in [6.45, 7) is 0.268. The lowest BCUT2D eigenvalue weighted by Crippen LogP contribution is -1.93. The molecule has 1 aromatic carbocycles. The molecule has 0 saturated carbocycles. The lowest BCUT2D eigenvalue weighted by molar-refractivity contribution is 0.415. The Morgan fingerprint density at radius 3 is 3.06 bits per heavy atom. The van der Waals surface area contributed by atoms with Gasteiger partial charge in [0.1, 0.15) is 12.3 Å². The van der Waals surface area contributed by atoms with E-state index in [1.807, 2.05) is 36.5 Å². The Bertz CT molecular complexity index is 525. The molecule has 0 bridgehead atoms. The van der Waals surface area contributed by atoms with Gasteiger partial charge < -0.3 is 4.74 Å². The van der Waals surface area contributed by atoms with Gasteiger partial charge in [0.25, 0.3) is 0 Å². The minimum absolute atomic E-state index is 0.268. The van der Waals surface area contributed by atoms with Crippen molar-refractivity contribution in [2.45, 2.75) is 6.54 Å². The molecule has 0 atom stereocenters. The number of nitrogens with zero attached hydrogens (tertiary/aromatic N) is 3. The summed E-state index contributed by atoms with van der Waals surface area (Å²) in [6, 6.07) is 9.79. The van der Waals surface area contributed by atoms with E-state index < -0.39 is 0 Å². The predicted molar refractivity (Wildman–Crippen MR) is 59.8 cm³/mol. The van der Waals surface area contributed by atoms with Crippen LogP contribution in [-0.2, 0) is 6.54 Å². The molecule has 0 amide bonds. The van der Waals surface area contributed by atoms with Crippen LogP contribution in [0, 0.1) is 11.3 Å². The third-order valence-corrected chi connectivity index (χ3v) is 2.27. The van der Waals surface area contributed by atoms with E-state index in [2.05, 4.69) is 5.10 Å². The predicted octanol–water partition coefficient (Wildman–Crippen LogP) is 2.08. The molecule has 2 aromatic rings. The summed E-state index contributed by atoms with van der Waals surface area (Å²) in [5.74, 6) is 0.811. The molecule has 4 nitrogen and oxygen atoms in total. The van der Waals surface area contributed by atoms with Crippen molar-refractivity contribution in [2.24, 2.45) is 0 Å². The van der Waals surface area contributed by atoms with Crippen molar-refractivity contribution in [1.82, 2.24) is 9.78 Å². The topological polar surface area (TPSA) is 50.8 Å². The van der Waals surface area contributed by atoms with Gasteiger partial charge in [-0.05, 0) is 17.7 Å². The summed E-state index contributed by atoms with van der Waals surface area (Å²) in [5.41, 5.74) is 2.01. The van der Waals surface area contributed by atoms with Crippen molar-refractivity contribution in [3.8, 4) is 22.9 Å². The van der Waals surface area contributed by atoms with Crippen LogP contribution in [0.5, 0.6) is 5.75 Å². The van der Waals surface area contributed by atoms with Crippen LogP contribution >= 0.6 is 0 Å². The molecule has 1 heterocycles. The van der Waals surface area contributed by atoms with Gasteiger partial charge in [-0.3, -0.25) is 4.68 Å². The van der Waals surface area contributed by atoms with Gasteiger partial charge in [0, 0.05) is 11.8 Å². The van der Waals surface area contributed by atoms with Gasteiger partial charge in [0.2, 0.25) is 0 Å². The number of benzene rings is 1. The molecule has 1 aromatic heterocycles. The molecule has 0 spiro atoms. The van der Waals surface area contributed by atoms with E-state index in [1.165, 1.54) is 0 Å². The first-order valence-corrected chi connectivity index (χ1v) is 4.87. The minimum atomic E-state index is 0.268. The highest BCUT2D eigenvalue weighted by Gasteiger charge is 2.02. The fourth-order valence-electron chi connectivity index (χ4n) is 1.47. The quantitative estimate of drug-likeness (QED) is 0.784. The van der Waals surface area contributed by atoms with Crippen LogP contribution in [0.2, 0.25) is 0 Å².